The maximum absolute atomic E-state index is 12.5. The van der Waals surface area contributed by atoms with Crippen LogP contribution in [-0.4, -0.2) is 24.1 Å². The second-order valence-electron chi connectivity index (χ2n) is 4.53. The Balaban J connectivity index is 2.65. The molecule has 1 N–H and O–H groups in total. The maximum atomic E-state index is 12.5. The largest absolute Gasteiger partial charge is 0.497 e. The third-order valence-electron chi connectivity index (χ3n) is 3.27. The zero-order valence-electron chi connectivity index (χ0n) is 12.2. The summed E-state index contributed by atoms with van der Waals surface area (Å²) in [6.45, 7) is 6.18. The lowest BCUT2D eigenvalue weighted by molar-refractivity contribution is 0.0948. The molecule has 0 fully saturated rings. The van der Waals surface area contributed by atoms with E-state index in [4.69, 9.17) is 4.74 Å². The minimum atomic E-state index is -0.293. The Kier molecular flexibility index (Phi) is 4.42. The second kappa shape index (κ2) is 6.26. The van der Waals surface area contributed by atoms with E-state index in [2.05, 4.69) is 11.9 Å². The summed E-state index contributed by atoms with van der Waals surface area (Å²) >= 11 is 0. The summed E-state index contributed by atoms with van der Waals surface area (Å²) in [7, 11) is 1.56. The molecule has 1 aromatic carbocycles. The van der Waals surface area contributed by atoms with Gasteiger partial charge in [-0.1, -0.05) is 6.08 Å². The van der Waals surface area contributed by atoms with Crippen molar-refractivity contribution in [2.75, 3.05) is 13.7 Å². The van der Waals surface area contributed by atoms with Gasteiger partial charge >= 0.3 is 0 Å². The molecule has 0 aliphatic carbocycles. The number of fused-ring (bicyclic) bond motifs is 1. The number of benzene rings is 1. The molecule has 0 saturated heterocycles. The Morgan fingerprint density at radius 1 is 1.43 bits per heavy atom. The smallest absolute Gasteiger partial charge is 0.268 e. The lowest BCUT2D eigenvalue weighted by Crippen LogP contribution is -2.32. The predicted octanol–water partition coefficient (Wildman–Crippen LogP) is 1.95. The van der Waals surface area contributed by atoms with Crippen LogP contribution in [0.15, 0.2) is 41.7 Å². The highest BCUT2D eigenvalue weighted by atomic mass is 16.5. The van der Waals surface area contributed by atoms with Crippen molar-refractivity contribution in [2.24, 2.45) is 0 Å². The minimum Gasteiger partial charge on any atom is -0.497 e. The van der Waals surface area contributed by atoms with Gasteiger partial charge in [-0.15, -0.1) is 6.58 Å². The van der Waals surface area contributed by atoms with Gasteiger partial charge in [0.1, 0.15) is 11.4 Å². The Labute approximate surface area is 122 Å². The molecule has 5 heteroatoms. The number of hydrogen-bond donors (Lipinski definition) is 1. The van der Waals surface area contributed by atoms with Gasteiger partial charge in [0.2, 0.25) is 0 Å². The number of rotatable bonds is 5. The number of aromatic nitrogens is 1. The number of methoxy groups -OCH3 is 1. The van der Waals surface area contributed by atoms with Crippen LogP contribution in [-0.2, 0) is 6.54 Å². The number of carbonyl (C=O) groups is 1. The highest BCUT2D eigenvalue weighted by Gasteiger charge is 2.14. The standard InChI is InChI=1S/C16H18N2O3/c1-4-8-17-15(19)14-10-11-9-12(21-3)6-7-13(11)16(20)18(14)5-2/h4,6-7,9-10H,1,5,8H2,2-3H3,(H,17,19). The first-order valence-electron chi connectivity index (χ1n) is 6.73. The van der Waals surface area contributed by atoms with Crippen LogP contribution < -0.4 is 15.6 Å². The summed E-state index contributed by atoms with van der Waals surface area (Å²) in [4.78, 5) is 24.7. The molecular formula is C16H18N2O3. The third-order valence-corrected chi connectivity index (χ3v) is 3.27. The van der Waals surface area contributed by atoms with Gasteiger partial charge in [-0.05, 0) is 36.6 Å². The Hall–Kier alpha value is -2.56. The highest BCUT2D eigenvalue weighted by molar-refractivity contribution is 5.97. The van der Waals surface area contributed by atoms with Gasteiger partial charge in [0.05, 0.1) is 7.11 Å². The van der Waals surface area contributed by atoms with E-state index in [0.717, 1.165) is 0 Å². The van der Waals surface area contributed by atoms with Crippen LogP contribution in [0.2, 0.25) is 0 Å². The average molecular weight is 286 g/mol. The number of carbonyl (C=O) groups excluding carboxylic acids is 1. The molecule has 0 radical (unpaired) electrons. The van der Waals surface area contributed by atoms with E-state index < -0.39 is 0 Å². The van der Waals surface area contributed by atoms with Crippen molar-refractivity contribution in [2.45, 2.75) is 13.5 Å². The Morgan fingerprint density at radius 3 is 2.81 bits per heavy atom. The van der Waals surface area contributed by atoms with E-state index in [0.29, 0.717) is 35.3 Å². The fourth-order valence-corrected chi connectivity index (χ4v) is 2.22. The molecule has 0 atom stereocenters. The van der Waals surface area contributed by atoms with E-state index in [-0.39, 0.29) is 11.5 Å². The molecule has 21 heavy (non-hydrogen) atoms. The molecule has 1 heterocycles. The van der Waals surface area contributed by atoms with Crippen LogP contribution in [0.25, 0.3) is 10.8 Å². The first-order valence-corrected chi connectivity index (χ1v) is 6.73. The van der Waals surface area contributed by atoms with Gasteiger partial charge in [-0.2, -0.15) is 0 Å². The van der Waals surface area contributed by atoms with Gasteiger partial charge in [0.15, 0.2) is 0 Å². The van der Waals surface area contributed by atoms with Crippen molar-refractivity contribution in [1.29, 1.82) is 0 Å². The summed E-state index contributed by atoms with van der Waals surface area (Å²) in [5.41, 5.74) is 0.159. The van der Waals surface area contributed by atoms with Crippen molar-refractivity contribution in [3.05, 3.63) is 53.0 Å². The van der Waals surface area contributed by atoms with Crippen LogP contribution >= 0.6 is 0 Å². The number of ether oxygens (including phenoxy) is 1. The molecule has 110 valence electrons. The van der Waals surface area contributed by atoms with E-state index >= 15 is 0 Å². The molecule has 0 bridgehead atoms. The summed E-state index contributed by atoms with van der Waals surface area (Å²) in [5.74, 6) is 0.354. The second-order valence-corrected chi connectivity index (χ2v) is 4.53. The molecule has 1 amide bonds. The molecule has 0 spiro atoms. The summed E-state index contributed by atoms with van der Waals surface area (Å²) in [6, 6.07) is 6.91. The van der Waals surface area contributed by atoms with Gasteiger partial charge < -0.3 is 14.6 Å². The fourth-order valence-electron chi connectivity index (χ4n) is 2.22. The number of nitrogens with zero attached hydrogens (tertiary/aromatic N) is 1. The molecule has 0 aliphatic rings. The minimum absolute atomic E-state index is 0.179. The first-order chi connectivity index (χ1) is 10.1. The maximum Gasteiger partial charge on any atom is 0.268 e. The molecule has 5 nitrogen and oxygen atoms in total. The van der Waals surface area contributed by atoms with Gasteiger partial charge in [0.25, 0.3) is 11.5 Å². The highest BCUT2D eigenvalue weighted by Crippen LogP contribution is 2.19. The van der Waals surface area contributed by atoms with Crippen molar-refractivity contribution < 1.29 is 9.53 Å². The summed E-state index contributed by atoms with van der Waals surface area (Å²) in [5, 5.41) is 3.95. The Morgan fingerprint density at radius 2 is 2.19 bits per heavy atom. The van der Waals surface area contributed by atoms with E-state index in [1.165, 1.54) is 4.57 Å². The van der Waals surface area contributed by atoms with Gasteiger partial charge in [-0.25, -0.2) is 0 Å². The molecule has 0 unspecified atom stereocenters. The number of nitrogens with one attached hydrogen (secondary N) is 1. The molecule has 0 aliphatic heterocycles. The normalized spacial score (nSPS) is 10.4. The molecule has 1 aromatic heterocycles. The monoisotopic (exact) mass is 286 g/mol. The van der Waals surface area contributed by atoms with E-state index in [1.54, 1.807) is 37.5 Å². The topological polar surface area (TPSA) is 60.3 Å². The van der Waals surface area contributed by atoms with Gasteiger partial charge in [-0.3, -0.25) is 9.59 Å². The molecular weight excluding hydrogens is 268 g/mol. The molecule has 2 aromatic rings. The fraction of sp³-hybridized carbons (Fsp3) is 0.250. The van der Waals surface area contributed by atoms with E-state index in [9.17, 15) is 9.59 Å². The number of pyridine rings is 1. The lowest BCUT2D eigenvalue weighted by Gasteiger charge is -2.12. The molecule has 0 saturated carbocycles. The summed E-state index contributed by atoms with van der Waals surface area (Å²) in [6.07, 6.45) is 1.59. The van der Waals surface area contributed by atoms with Crippen LogP contribution in [0.5, 0.6) is 5.75 Å². The quantitative estimate of drug-likeness (QED) is 0.855. The van der Waals surface area contributed by atoms with Crippen LogP contribution in [0.4, 0.5) is 0 Å². The zero-order chi connectivity index (χ0) is 15.4. The number of amides is 1. The van der Waals surface area contributed by atoms with E-state index in [1.807, 2.05) is 6.92 Å². The first kappa shape index (κ1) is 14.8. The summed E-state index contributed by atoms with van der Waals surface area (Å²) < 4.78 is 6.63. The van der Waals surface area contributed by atoms with Crippen molar-refractivity contribution in [3.8, 4) is 5.75 Å². The van der Waals surface area contributed by atoms with Crippen LogP contribution in [0.1, 0.15) is 17.4 Å². The van der Waals surface area contributed by atoms with Crippen molar-refractivity contribution >= 4 is 16.7 Å². The van der Waals surface area contributed by atoms with Crippen LogP contribution in [0, 0.1) is 0 Å². The zero-order valence-corrected chi connectivity index (χ0v) is 12.2. The number of hydrogen-bond acceptors (Lipinski definition) is 3. The molecule has 2 rings (SSSR count). The third kappa shape index (κ3) is 2.81. The van der Waals surface area contributed by atoms with Gasteiger partial charge in [0, 0.05) is 18.5 Å². The van der Waals surface area contributed by atoms with Crippen molar-refractivity contribution in [1.82, 2.24) is 9.88 Å². The predicted molar refractivity (Wildman–Crippen MR) is 83.0 cm³/mol. The average Bonchev–Trinajstić information content (AvgIpc) is 2.51. The SMILES string of the molecule is C=CCNC(=O)c1cc2cc(OC)ccc2c(=O)n1CC. The Bertz CT molecular complexity index is 747. The van der Waals surface area contributed by atoms with Crippen LogP contribution in [0.3, 0.4) is 0 Å². The lowest BCUT2D eigenvalue weighted by atomic mass is 10.1. The van der Waals surface area contributed by atoms with Crippen molar-refractivity contribution in [3.63, 3.8) is 0 Å².